The molecule has 2 N–H and O–H groups in total. The number of carbonyl (C=O) groups excluding carboxylic acids is 2. The van der Waals surface area contributed by atoms with Gasteiger partial charge in [0.2, 0.25) is 0 Å². The summed E-state index contributed by atoms with van der Waals surface area (Å²) >= 11 is 0. The zero-order valence-electron chi connectivity index (χ0n) is 17.5. The molecule has 12 heteroatoms. The number of carbonyl (C=O) groups is 2. The van der Waals surface area contributed by atoms with Gasteiger partial charge in [-0.3, -0.25) is 14.2 Å². The van der Waals surface area contributed by atoms with Crippen molar-refractivity contribution in [3.05, 3.63) is 41.2 Å². The van der Waals surface area contributed by atoms with E-state index in [-0.39, 0.29) is 58.3 Å². The maximum absolute atomic E-state index is 13.3. The molecule has 33 heavy (non-hydrogen) atoms. The van der Waals surface area contributed by atoms with Gasteiger partial charge in [0.1, 0.15) is 0 Å². The van der Waals surface area contributed by atoms with Gasteiger partial charge in [-0.25, -0.2) is 0 Å². The predicted molar refractivity (Wildman–Crippen MR) is 108 cm³/mol. The predicted octanol–water partition coefficient (Wildman–Crippen LogP) is 1.85. The number of halogens is 3. The quantitative estimate of drug-likeness (QED) is 0.711. The minimum absolute atomic E-state index is 0.00631. The second-order valence-corrected chi connectivity index (χ2v) is 7.58. The Morgan fingerprint density at radius 2 is 1.15 bits per heavy atom. The maximum Gasteiger partial charge on any atom is 0.416 e. The van der Waals surface area contributed by atoms with Crippen LogP contribution in [0.5, 0.6) is 11.5 Å². The topological polar surface area (TPSA) is 104 Å². The fraction of sp³-hybridized carbons (Fsp3) is 0.429. The minimum atomic E-state index is -4.58. The molecule has 0 aliphatic carbocycles. The number of amides is 2. The SMILES string of the molecule is O=C(c1c(O)c(O)c(C(=O)N2CCOCC2)n1-c1ccc(C(F)(F)F)cc1)N1CCOCC1. The van der Waals surface area contributed by atoms with Crippen LogP contribution < -0.4 is 0 Å². The van der Waals surface area contributed by atoms with E-state index < -0.39 is 46.4 Å². The minimum Gasteiger partial charge on any atom is -0.503 e. The lowest BCUT2D eigenvalue weighted by Crippen LogP contribution is -2.42. The third kappa shape index (κ3) is 4.35. The van der Waals surface area contributed by atoms with Crippen molar-refractivity contribution in [2.24, 2.45) is 0 Å². The summed E-state index contributed by atoms with van der Waals surface area (Å²) in [6, 6.07) is 3.76. The summed E-state index contributed by atoms with van der Waals surface area (Å²) in [5, 5.41) is 21.3. The summed E-state index contributed by atoms with van der Waals surface area (Å²) in [5.74, 6) is -3.01. The number of ether oxygens (including phenoxy) is 2. The smallest absolute Gasteiger partial charge is 0.416 e. The fourth-order valence-electron chi connectivity index (χ4n) is 3.83. The number of rotatable bonds is 3. The number of hydrogen-bond donors (Lipinski definition) is 2. The fourth-order valence-corrected chi connectivity index (χ4v) is 3.83. The van der Waals surface area contributed by atoms with Gasteiger partial charge in [0.25, 0.3) is 11.8 Å². The van der Waals surface area contributed by atoms with Gasteiger partial charge in [-0.05, 0) is 24.3 Å². The molecule has 0 bridgehead atoms. The van der Waals surface area contributed by atoms with Crippen LogP contribution in [-0.2, 0) is 15.7 Å². The Morgan fingerprint density at radius 3 is 1.52 bits per heavy atom. The summed E-state index contributed by atoms with van der Waals surface area (Å²) in [6.07, 6.45) is -4.58. The van der Waals surface area contributed by atoms with Crippen molar-refractivity contribution < 1.29 is 42.4 Å². The van der Waals surface area contributed by atoms with Crippen molar-refractivity contribution in [1.29, 1.82) is 0 Å². The van der Waals surface area contributed by atoms with Gasteiger partial charge in [-0.2, -0.15) is 13.2 Å². The third-order valence-electron chi connectivity index (χ3n) is 5.57. The van der Waals surface area contributed by atoms with Crippen molar-refractivity contribution in [2.45, 2.75) is 6.18 Å². The highest BCUT2D eigenvalue weighted by atomic mass is 19.4. The Balaban J connectivity index is 1.85. The van der Waals surface area contributed by atoms with Crippen LogP contribution in [0, 0.1) is 0 Å². The molecule has 2 amide bonds. The van der Waals surface area contributed by atoms with Crippen LogP contribution in [0.1, 0.15) is 26.5 Å². The highest BCUT2D eigenvalue weighted by molar-refractivity contribution is 6.04. The van der Waals surface area contributed by atoms with Gasteiger partial charge in [0.15, 0.2) is 22.9 Å². The van der Waals surface area contributed by atoms with Gasteiger partial charge < -0.3 is 29.5 Å². The number of aromatic hydroxyl groups is 2. The molecule has 2 aromatic rings. The second kappa shape index (κ2) is 8.94. The molecule has 0 unspecified atom stereocenters. The van der Waals surface area contributed by atoms with E-state index in [0.717, 1.165) is 28.8 Å². The Labute approximate surface area is 186 Å². The number of alkyl halides is 3. The average molecular weight is 469 g/mol. The second-order valence-electron chi connectivity index (χ2n) is 7.58. The van der Waals surface area contributed by atoms with E-state index in [1.165, 1.54) is 9.80 Å². The highest BCUT2D eigenvalue weighted by Gasteiger charge is 2.37. The van der Waals surface area contributed by atoms with Crippen molar-refractivity contribution in [1.82, 2.24) is 14.4 Å². The molecule has 0 saturated carbocycles. The van der Waals surface area contributed by atoms with Gasteiger partial charge in [0.05, 0.1) is 32.0 Å². The molecule has 2 fully saturated rings. The van der Waals surface area contributed by atoms with E-state index in [2.05, 4.69) is 0 Å². The van der Waals surface area contributed by atoms with Crippen molar-refractivity contribution in [2.75, 3.05) is 52.6 Å². The number of hydrogen-bond acceptors (Lipinski definition) is 6. The standard InChI is InChI=1S/C21H22F3N3O6/c22-21(23,24)13-1-3-14(4-2-13)27-15(19(30)25-5-9-32-10-6-25)17(28)18(29)16(27)20(31)26-7-11-33-12-8-26/h1-4,28-29H,5-12H2. The van der Waals surface area contributed by atoms with Crippen molar-refractivity contribution >= 4 is 11.8 Å². The number of morpholine rings is 2. The summed E-state index contributed by atoms with van der Waals surface area (Å²) in [6.45, 7) is 1.90. The first-order valence-corrected chi connectivity index (χ1v) is 10.3. The van der Waals surface area contributed by atoms with Crippen LogP contribution >= 0.6 is 0 Å². The molecule has 2 aliphatic heterocycles. The number of benzene rings is 1. The van der Waals surface area contributed by atoms with Crippen LogP contribution in [0.25, 0.3) is 5.69 Å². The van der Waals surface area contributed by atoms with Crippen molar-refractivity contribution in [3.63, 3.8) is 0 Å². The van der Waals surface area contributed by atoms with Crippen LogP contribution in [0.2, 0.25) is 0 Å². The zero-order valence-corrected chi connectivity index (χ0v) is 17.5. The summed E-state index contributed by atoms with van der Waals surface area (Å²) in [7, 11) is 0. The summed E-state index contributed by atoms with van der Waals surface area (Å²) in [5.41, 5.74) is -1.74. The van der Waals surface area contributed by atoms with E-state index in [9.17, 15) is 33.0 Å². The molecule has 0 radical (unpaired) electrons. The summed E-state index contributed by atoms with van der Waals surface area (Å²) < 4.78 is 50.7. The Hall–Kier alpha value is -3.25. The van der Waals surface area contributed by atoms with Crippen LogP contribution in [0.15, 0.2) is 24.3 Å². The van der Waals surface area contributed by atoms with Crippen LogP contribution in [0.3, 0.4) is 0 Å². The molecule has 0 atom stereocenters. The average Bonchev–Trinajstić information content (AvgIpc) is 3.09. The lowest BCUT2D eigenvalue weighted by molar-refractivity contribution is -0.137. The van der Waals surface area contributed by atoms with Gasteiger partial charge in [-0.1, -0.05) is 0 Å². The van der Waals surface area contributed by atoms with Gasteiger partial charge >= 0.3 is 6.18 Å². The molecule has 2 saturated heterocycles. The molecule has 1 aromatic heterocycles. The Bertz CT molecular complexity index is 985. The molecule has 178 valence electrons. The van der Waals surface area contributed by atoms with Gasteiger partial charge in [-0.15, -0.1) is 0 Å². The number of nitrogens with zero attached hydrogens (tertiary/aromatic N) is 3. The molecule has 1 aromatic carbocycles. The lowest BCUT2D eigenvalue weighted by Gasteiger charge is -2.28. The third-order valence-corrected chi connectivity index (χ3v) is 5.57. The first kappa shape index (κ1) is 22.9. The van der Waals surface area contributed by atoms with E-state index in [1.807, 2.05) is 0 Å². The molecular weight excluding hydrogens is 447 g/mol. The van der Waals surface area contributed by atoms with E-state index >= 15 is 0 Å². The largest absolute Gasteiger partial charge is 0.503 e. The van der Waals surface area contributed by atoms with E-state index in [1.54, 1.807) is 0 Å². The highest BCUT2D eigenvalue weighted by Crippen LogP contribution is 2.40. The normalized spacial score (nSPS) is 17.3. The molecular formula is C21H22F3N3O6. The monoisotopic (exact) mass is 469 g/mol. The Morgan fingerprint density at radius 1 is 0.758 bits per heavy atom. The molecule has 4 rings (SSSR count). The lowest BCUT2D eigenvalue weighted by atomic mass is 10.2. The van der Waals surface area contributed by atoms with Crippen LogP contribution in [0.4, 0.5) is 13.2 Å². The van der Waals surface area contributed by atoms with E-state index in [0.29, 0.717) is 0 Å². The molecule has 9 nitrogen and oxygen atoms in total. The Kier molecular flexibility index (Phi) is 6.21. The first-order valence-electron chi connectivity index (χ1n) is 10.3. The number of aromatic nitrogens is 1. The summed E-state index contributed by atoms with van der Waals surface area (Å²) in [4.78, 5) is 29.3. The molecule has 2 aliphatic rings. The van der Waals surface area contributed by atoms with Crippen LogP contribution in [-0.4, -0.2) is 89.0 Å². The molecule has 0 spiro atoms. The van der Waals surface area contributed by atoms with Gasteiger partial charge in [0, 0.05) is 31.9 Å². The van der Waals surface area contributed by atoms with E-state index in [4.69, 9.17) is 9.47 Å². The molecule has 3 heterocycles. The maximum atomic E-state index is 13.3. The zero-order chi connectivity index (χ0) is 23.8. The van der Waals surface area contributed by atoms with Crippen molar-refractivity contribution in [3.8, 4) is 17.2 Å². The first-order chi connectivity index (χ1) is 15.7.